The van der Waals surface area contributed by atoms with Gasteiger partial charge in [0.05, 0.1) is 11.3 Å². The summed E-state index contributed by atoms with van der Waals surface area (Å²) in [5.41, 5.74) is 1.49. The normalized spacial score (nSPS) is 10.0. The molecular weight excluding hydrogens is 294 g/mol. The summed E-state index contributed by atoms with van der Waals surface area (Å²) < 4.78 is 0.810. The molecule has 0 aliphatic heterocycles. The molecule has 2 rings (SSSR count). The minimum atomic E-state index is 0.636. The molecule has 1 aromatic heterocycles. The number of benzene rings is 1. The van der Waals surface area contributed by atoms with Crippen molar-refractivity contribution in [2.24, 2.45) is 0 Å². The first-order chi connectivity index (χ1) is 8.81. The van der Waals surface area contributed by atoms with Gasteiger partial charge in [0.1, 0.15) is 18.2 Å². The van der Waals surface area contributed by atoms with E-state index in [1.807, 2.05) is 18.2 Å². The van der Waals surface area contributed by atoms with Crippen LogP contribution in [0.3, 0.4) is 0 Å². The van der Waals surface area contributed by atoms with Crippen molar-refractivity contribution in [3.8, 4) is 6.07 Å². The second-order valence-electron chi connectivity index (χ2n) is 3.74. The second-order valence-corrected chi connectivity index (χ2v) is 4.59. The molecule has 6 heteroatoms. The maximum Gasteiger partial charge on any atom is 0.137 e. The number of hydrogen-bond donors (Lipinski definition) is 2. The van der Waals surface area contributed by atoms with Gasteiger partial charge in [-0.25, -0.2) is 4.98 Å². The fraction of sp³-hybridized carbons (Fsp3) is 0.250. The number of hydrogen-bond acceptors (Lipinski definition) is 4. The van der Waals surface area contributed by atoms with E-state index < -0.39 is 0 Å². The third kappa shape index (κ3) is 3.08. The molecule has 18 heavy (non-hydrogen) atoms. The molecule has 0 radical (unpaired) electrons. The number of rotatable bonds is 5. The monoisotopic (exact) mass is 305 g/mol. The first kappa shape index (κ1) is 12.6. The third-order valence-corrected chi connectivity index (χ3v) is 3.16. The molecule has 1 heterocycles. The fourth-order valence-electron chi connectivity index (χ4n) is 1.62. The maximum atomic E-state index is 9.06. The standard InChI is InChI=1S/C12H12BrN5/c13-10-3-1-4-11(9(10)7-14)15-6-2-5-12-16-8-17-18-12/h1,3-4,8,15H,2,5-6H2,(H,16,17,18). The summed E-state index contributed by atoms with van der Waals surface area (Å²) in [7, 11) is 0. The smallest absolute Gasteiger partial charge is 0.137 e. The Hall–Kier alpha value is -1.87. The van der Waals surface area contributed by atoms with Gasteiger partial charge in [0.15, 0.2) is 0 Å². The van der Waals surface area contributed by atoms with Gasteiger partial charge in [-0.05, 0) is 34.5 Å². The van der Waals surface area contributed by atoms with Gasteiger partial charge in [-0.15, -0.1) is 0 Å². The molecular formula is C12H12BrN5. The summed E-state index contributed by atoms with van der Waals surface area (Å²) in [6.45, 7) is 0.784. The molecule has 0 bridgehead atoms. The van der Waals surface area contributed by atoms with Gasteiger partial charge in [0.25, 0.3) is 0 Å². The Labute approximate surface area is 113 Å². The van der Waals surface area contributed by atoms with Crippen LogP contribution in [0.25, 0.3) is 0 Å². The number of anilines is 1. The summed E-state index contributed by atoms with van der Waals surface area (Å²) in [5, 5.41) is 18.9. The first-order valence-electron chi connectivity index (χ1n) is 5.58. The summed E-state index contributed by atoms with van der Waals surface area (Å²) in [6.07, 6.45) is 3.26. The van der Waals surface area contributed by atoms with Crippen LogP contribution < -0.4 is 5.32 Å². The van der Waals surface area contributed by atoms with E-state index in [1.54, 1.807) is 0 Å². The van der Waals surface area contributed by atoms with Crippen molar-refractivity contribution in [1.29, 1.82) is 5.26 Å². The molecule has 0 aliphatic rings. The number of aromatic amines is 1. The summed E-state index contributed by atoms with van der Waals surface area (Å²) in [4.78, 5) is 4.05. The predicted octanol–water partition coefficient (Wildman–Crippen LogP) is 2.48. The quantitative estimate of drug-likeness (QED) is 0.832. The van der Waals surface area contributed by atoms with Crippen molar-refractivity contribution >= 4 is 21.6 Å². The maximum absolute atomic E-state index is 9.06. The number of nitrogens with one attached hydrogen (secondary N) is 2. The summed E-state index contributed by atoms with van der Waals surface area (Å²) in [6, 6.07) is 7.85. The molecule has 0 unspecified atom stereocenters. The van der Waals surface area contributed by atoms with Gasteiger partial charge < -0.3 is 5.32 Å². The zero-order chi connectivity index (χ0) is 12.8. The van der Waals surface area contributed by atoms with E-state index in [0.29, 0.717) is 5.56 Å². The largest absolute Gasteiger partial charge is 0.384 e. The number of aryl methyl sites for hydroxylation is 1. The predicted molar refractivity (Wildman–Crippen MR) is 72.1 cm³/mol. The van der Waals surface area contributed by atoms with Crippen LogP contribution in [0.4, 0.5) is 5.69 Å². The molecule has 0 aliphatic carbocycles. The van der Waals surface area contributed by atoms with Crippen molar-refractivity contribution in [2.45, 2.75) is 12.8 Å². The fourth-order valence-corrected chi connectivity index (χ4v) is 2.07. The van der Waals surface area contributed by atoms with E-state index in [1.165, 1.54) is 6.33 Å². The van der Waals surface area contributed by atoms with E-state index in [-0.39, 0.29) is 0 Å². The molecule has 5 nitrogen and oxygen atoms in total. The number of aromatic nitrogens is 3. The molecule has 0 saturated heterocycles. The highest BCUT2D eigenvalue weighted by Crippen LogP contribution is 2.23. The van der Waals surface area contributed by atoms with Crippen LogP contribution in [-0.2, 0) is 6.42 Å². The van der Waals surface area contributed by atoms with Crippen LogP contribution in [0.15, 0.2) is 29.0 Å². The topological polar surface area (TPSA) is 77.4 Å². The molecule has 0 saturated carbocycles. The van der Waals surface area contributed by atoms with Crippen LogP contribution in [0.1, 0.15) is 17.8 Å². The van der Waals surface area contributed by atoms with Gasteiger partial charge in [0, 0.05) is 17.4 Å². The van der Waals surface area contributed by atoms with Crippen molar-refractivity contribution in [2.75, 3.05) is 11.9 Å². The lowest BCUT2D eigenvalue weighted by atomic mass is 10.2. The summed E-state index contributed by atoms with van der Waals surface area (Å²) >= 11 is 3.36. The van der Waals surface area contributed by atoms with Gasteiger partial charge >= 0.3 is 0 Å². The zero-order valence-corrected chi connectivity index (χ0v) is 11.2. The molecule has 1 aromatic carbocycles. The number of nitriles is 1. The van der Waals surface area contributed by atoms with E-state index in [9.17, 15) is 0 Å². The Balaban J connectivity index is 1.87. The van der Waals surface area contributed by atoms with Crippen LogP contribution in [0.2, 0.25) is 0 Å². The van der Waals surface area contributed by atoms with Gasteiger partial charge in [-0.1, -0.05) is 6.07 Å². The van der Waals surface area contributed by atoms with Gasteiger partial charge in [-0.3, -0.25) is 5.10 Å². The average molecular weight is 306 g/mol. The van der Waals surface area contributed by atoms with Crippen molar-refractivity contribution in [3.63, 3.8) is 0 Å². The number of nitrogens with zero attached hydrogens (tertiary/aromatic N) is 3. The average Bonchev–Trinajstić information content (AvgIpc) is 2.88. The molecule has 0 atom stereocenters. The lowest BCUT2D eigenvalue weighted by molar-refractivity contribution is 0.805. The Morgan fingerprint density at radius 1 is 1.44 bits per heavy atom. The summed E-state index contributed by atoms with van der Waals surface area (Å²) in [5.74, 6) is 0.881. The van der Waals surface area contributed by atoms with E-state index >= 15 is 0 Å². The molecule has 2 N–H and O–H groups in total. The molecule has 0 fully saturated rings. The lowest BCUT2D eigenvalue weighted by Crippen LogP contribution is -2.05. The first-order valence-corrected chi connectivity index (χ1v) is 6.37. The van der Waals surface area contributed by atoms with Crippen molar-refractivity contribution < 1.29 is 0 Å². The third-order valence-electron chi connectivity index (χ3n) is 2.50. The van der Waals surface area contributed by atoms with Crippen molar-refractivity contribution in [3.05, 3.63) is 40.4 Å². The molecule has 2 aromatic rings. The Morgan fingerprint density at radius 2 is 2.33 bits per heavy atom. The van der Waals surface area contributed by atoms with Crippen LogP contribution in [0.5, 0.6) is 0 Å². The van der Waals surface area contributed by atoms with Gasteiger partial charge in [-0.2, -0.15) is 10.4 Å². The van der Waals surface area contributed by atoms with Gasteiger partial charge in [0.2, 0.25) is 0 Å². The van der Waals surface area contributed by atoms with E-state index in [2.05, 4.69) is 42.5 Å². The lowest BCUT2D eigenvalue weighted by Gasteiger charge is -2.08. The number of H-pyrrole nitrogens is 1. The van der Waals surface area contributed by atoms with Crippen molar-refractivity contribution in [1.82, 2.24) is 15.2 Å². The van der Waals surface area contributed by atoms with E-state index in [0.717, 1.165) is 35.4 Å². The highest BCUT2D eigenvalue weighted by atomic mass is 79.9. The highest BCUT2D eigenvalue weighted by Gasteiger charge is 2.05. The minimum absolute atomic E-state index is 0.636. The molecule has 0 spiro atoms. The molecule has 0 amide bonds. The van der Waals surface area contributed by atoms with Crippen LogP contribution in [0, 0.1) is 11.3 Å². The highest BCUT2D eigenvalue weighted by molar-refractivity contribution is 9.10. The minimum Gasteiger partial charge on any atom is -0.384 e. The number of halogens is 1. The van der Waals surface area contributed by atoms with E-state index in [4.69, 9.17) is 5.26 Å². The molecule has 92 valence electrons. The Bertz CT molecular complexity index is 544. The SMILES string of the molecule is N#Cc1c(Br)cccc1NCCCc1ncn[nH]1. The van der Waals surface area contributed by atoms with Crippen LogP contribution >= 0.6 is 15.9 Å². The zero-order valence-electron chi connectivity index (χ0n) is 9.65. The second kappa shape index (κ2) is 6.17. The van der Waals surface area contributed by atoms with Crippen LogP contribution in [-0.4, -0.2) is 21.7 Å². The Morgan fingerprint density at radius 3 is 3.06 bits per heavy atom. The Kier molecular flexibility index (Phi) is 4.31.